The highest BCUT2D eigenvalue weighted by atomic mass is 16.8. The van der Waals surface area contributed by atoms with Crippen molar-refractivity contribution in [1.29, 1.82) is 0 Å². The number of Topliss-reactive ketones (excluding diaryl/α,β-unsaturated/α-hetero) is 1. The molecule has 20 nitrogen and oxygen atoms in total. The average molecular weight is 1040 g/mol. The molecule has 0 unspecified atom stereocenters. The molecule has 8 N–H and O–H groups in total. The Morgan fingerprint density at radius 3 is 2.12 bits per heavy atom. The third-order valence-corrected chi connectivity index (χ3v) is 17.9. The summed E-state index contributed by atoms with van der Waals surface area (Å²) in [6.45, 7) is 9.88. The lowest BCUT2D eigenvalue weighted by molar-refractivity contribution is -0.345. The Kier molecular flexibility index (Phi) is 17.2. The normalized spacial score (nSPS) is 44.0. The van der Waals surface area contributed by atoms with Crippen molar-refractivity contribution < 1.29 is 97.9 Å². The van der Waals surface area contributed by atoms with Crippen LogP contribution in [0, 0.1) is 40.4 Å². The molecule has 20 heteroatoms. The third-order valence-electron chi connectivity index (χ3n) is 17.9. The number of hydrogen-bond donors (Lipinski definition) is 8. The van der Waals surface area contributed by atoms with Crippen LogP contribution in [0.25, 0.3) is 0 Å². The summed E-state index contributed by atoms with van der Waals surface area (Å²) in [7, 11) is 1.47. The highest BCUT2D eigenvalue weighted by Crippen LogP contribution is 2.69. The molecule has 0 bridgehead atoms. The summed E-state index contributed by atoms with van der Waals surface area (Å²) in [5.41, 5.74) is -1.60. The molecule has 410 valence electrons. The maximum Gasteiger partial charge on any atom is 0.338 e. The number of allylic oxidation sites excluding steroid dienone is 1. The van der Waals surface area contributed by atoms with Gasteiger partial charge < -0.3 is 83.5 Å². The molecule has 0 spiro atoms. The van der Waals surface area contributed by atoms with Crippen LogP contribution >= 0.6 is 0 Å². The molecular weight excluding hydrogens is 957 g/mol. The van der Waals surface area contributed by atoms with Gasteiger partial charge in [0.2, 0.25) is 0 Å². The predicted molar refractivity (Wildman–Crippen MR) is 254 cm³/mol. The summed E-state index contributed by atoms with van der Waals surface area (Å²) in [5, 5.41) is 88.1. The van der Waals surface area contributed by atoms with Crippen LogP contribution in [-0.2, 0) is 47.5 Å². The molecule has 3 aliphatic heterocycles. The summed E-state index contributed by atoms with van der Waals surface area (Å²) >= 11 is 0. The second-order valence-electron chi connectivity index (χ2n) is 22.5. The highest BCUT2D eigenvalue weighted by molar-refractivity contribution is 5.89. The topological polar surface area (TPSA) is 296 Å². The number of ether oxygens (including phenoxy) is 9. The number of rotatable bonds is 16. The van der Waals surface area contributed by atoms with E-state index in [1.54, 1.807) is 19.1 Å². The molecule has 7 aliphatic rings. The number of carbonyl (C=O) groups is 3. The van der Waals surface area contributed by atoms with Crippen molar-refractivity contribution in [2.24, 2.45) is 40.4 Å². The minimum absolute atomic E-state index is 0.0470. The van der Waals surface area contributed by atoms with Gasteiger partial charge >= 0.3 is 11.9 Å². The minimum Gasteiger partial charge on any atom is -0.497 e. The van der Waals surface area contributed by atoms with Crippen LogP contribution in [0.4, 0.5) is 0 Å². The third kappa shape index (κ3) is 10.7. The molecule has 22 atom stereocenters. The Balaban J connectivity index is 1.05. The Morgan fingerprint density at radius 2 is 1.47 bits per heavy atom. The van der Waals surface area contributed by atoms with Crippen LogP contribution in [0.15, 0.2) is 35.9 Å². The van der Waals surface area contributed by atoms with Gasteiger partial charge in [0.05, 0.1) is 44.7 Å². The van der Waals surface area contributed by atoms with Crippen molar-refractivity contribution in [2.75, 3.05) is 26.9 Å². The number of carbonyl (C=O) groups excluding carboxylic acids is 3. The van der Waals surface area contributed by atoms with Gasteiger partial charge in [0.25, 0.3) is 0 Å². The maximum atomic E-state index is 14.3. The lowest BCUT2D eigenvalue weighted by Gasteiger charge is -2.59. The minimum atomic E-state index is -1.76. The van der Waals surface area contributed by atoms with E-state index in [0.717, 1.165) is 19.8 Å². The molecule has 3 heterocycles. The molecule has 73 heavy (non-hydrogen) atoms. The zero-order valence-corrected chi connectivity index (χ0v) is 42.9. The van der Waals surface area contributed by atoms with Gasteiger partial charge in [0.1, 0.15) is 66.0 Å². The van der Waals surface area contributed by atoms with E-state index in [4.69, 9.17) is 42.6 Å². The van der Waals surface area contributed by atoms with Gasteiger partial charge in [0.15, 0.2) is 31.1 Å². The van der Waals surface area contributed by atoms with Gasteiger partial charge in [-0.25, -0.2) is 4.79 Å². The molecule has 3 saturated heterocycles. The van der Waals surface area contributed by atoms with E-state index < -0.39 is 135 Å². The first-order valence-corrected chi connectivity index (χ1v) is 26.1. The Labute approximate surface area is 426 Å². The zero-order chi connectivity index (χ0) is 52.9. The smallest absolute Gasteiger partial charge is 0.338 e. The summed E-state index contributed by atoms with van der Waals surface area (Å²) in [5.74, 6) is -1.94. The number of aliphatic hydroxyl groups excluding tert-OH is 7. The van der Waals surface area contributed by atoms with Gasteiger partial charge in [-0.1, -0.05) is 46.3 Å². The van der Waals surface area contributed by atoms with Crippen molar-refractivity contribution in [3.63, 3.8) is 0 Å². The van der Waals surface area contributed by atoms with Gasteiger partial charge in [-0.15, -0.1) is 0 Å². The molecule has 8 rings (SSSR count). The monoisotopic (exact) mass is 1030 g/mol. The Hall–Kier alpha value is -3.19. The first kappa shape index (κ1) is 56.0. The second-order valence-corrected chi connectivity index (χ2v) is 22.5. The predicted octanol–water partition coefficient (Wildman–Crippen LogP) is 1.85. The van der Waals surface area contributed by atoms with Crippen LogP contribution in [0.2, 0.25) is 0 Å². The maximum absolute atomic E-state index is 14.3. The summed E-state index contributed by atoms with van der Waals surface area (Å²) < 4.78 is 53.8. The quantitative estimate of drug-likeness (QED) is 0.0866. The summed E-state index contributed by atoms with van der Waals surface area (Å²) in [6, 6.07) is 5.99. The molecule has 1 aromatic rings. The van der Waals surface area contributed by atoms with Crippen LogP contribution in [0.3, 0.4) is 0 Å². The number of benzene rings is 1. The molecule has 0 amide bonds. The lowest BCUT2D eigenvalue weighted by atomic mass is 9.46. The number of methoxy groups -OCH3 is 1. The molecule has 0 aromatic heterocycles. The number of fused-ring (bicyclic) bond motifs is 5. The van der Waals surface area contributed by atoms with Gasteiger partial charge in [-0.05, 0) is 105 Å². The summed E-state index contributed by atoms with van der Waals surface area (Å²) in [6.07, 6.45) is -13.5. The first-order valence-electron chi connectivity index (χ1n) is 26.1. The molecular formula is C53H78O20. The number of ketones is 1. The Morgan fingerprint density at radius 1 is 0.781 bits per heavy atom. The fourth-order valence-electron chi connectivity index (χ4n) is 13.6. The van der Waals surface area contributed by atoms with Crippen molar-refractivity contribution in [3.05, 3.63) is 41.5 Å². The lowest BCUT2D eigenvalue weighted by Crippen LogP contribution is -2.64. The van der Waals surface area contributed by atoms with E-state index >= 15 is 0 Å². The van der Waals surface area contributed by atoms with E-state index in [1.807, 2.05) is 20.8 Å². The second kappa shape index (κ2) is 22.4. The number of esters is 2. The van der Waals surface area contributed by atoms with Gasteiger partial charge in [-0.3, -0.25) is 9.59 Å². The van der Waals surface area contributed by atoms with E-state index in [-0.39, 0.29) is 53.0 Å². The van der Waals surface area contributed by atoms with Gasteiger partial charge in [-0.2, -0.15) is 0 Å². The van der Waals surface area contributed by atoms with E-state index in [1.165, 1.54) is 24.8 Å². The average Bonchev–Trinajstić information content (AvgIpc) is 3.59. The SMILES string of the molecule is COc1ccc(C(=O)O[C@H]2[C@H](O[C@@H]3[C@@H](OC(C)=O)[C@H](O[C@H]4C[C@H]5[C@@H]6CC=C7C[C@@H](O[C@@H]8O[C@H](CO)[C@@H](O)[C@H](O)[C@H]8O)CC[C@]7(C)[C@H]6CC[C@]5(C)[C@@]4(O)[C@H](C)C(=O)CCC(C)C)OC[C@@H]3O)OC[C@@H](O)[C@@H]2O)cc1. The van der Waals surface area contributed by atoms with Crippen LogP contribution in [-0.4, -0.2) is 183 Å². The van der Waals surface area contributed by atoms with Crippen LogP contribution in [0.1, 0.15) is 110 Å². The molecule has 3 saturated carbocycles. The van der Waals surface area contributed by atoms with Gasteiger partial charge in [0, 0.05) is 24.7 Å². The van der Waals surface area contributed by atoms with E-state index in [9.17, 15) is 55.2 Å². The van der Waals surface area contributed by atoms with Crippen LogP contribution < -0.4 is 4.74 Å². The van der Waals surface area contributed by atoms with E-state index in [2.05, 4.69) is 13.0 Å². The fraction of sp³-hybridized carbons (Fsp3) is 0.792. The van der Waals surface area contributed by atoms with Crippen LogP contribution in [0.5, 0.6) is 5.75 Å². The van der Waals surface area contributed by atoms with Crippen molar-refractivity contribution in [3.8, 4) is 5.75 Å². The van der Waals surface area contributed by atoms with Crippen molar-refractivity contribution in [2.45, 2.75) is 197 Å². The molecule has 4 aliphatic carbocycles. The van der Waals surface area contributed by atoms with Crippen molar-refractivity contribution in [1.82, 2.24) is 0 Å². The highest BCUT2D eigenvalue weighted by Gasteiger charge is 2.71. The number of hydrogen-bond acceptors (Lipinski definition) is 20. The first-order chi connectivity index (χ1) is 34.6. The van der Waals surface area contributed by atoms with Crippen molar-refractivity contribution >= 4 is 17.7 Å². The summed E-state index contributed by atoms with van der Waals surface area (Å²) in [4.78, 5) is 40.7. The van der Waals surface area contributed by atoms with E-state index in [0.29, 0.717) is 44.3 Å². The number of aliphatic hydroxyl groups is 8. The zero-order valence-electron chi connectivity index (χ0n) is 42.9. The standard InChI is InChI=1S/C53H78O20/c1-25(2)8-15-35(56)26(3)53(64)39(21-34-32-14-11-29-20-31(16-18-51(29,5)33(32)17-19-52(34,53)6)69-48-43(62)42(61)41(60)38(22-54)70-48)71-50-46(68-27(4)55)44(37(58)24-67-50)73-49-45(40(59)36(57)23-66-49)72-47(63)28-9-12-30(65-7)13-10-28/h9-13,25-26,31-34,36-46,48-50,54,57-62,64H,8,14-24H2,1-7H3/t26-,31+,32-,33+,34+,36-,37+,38-,39+,40+,41-,42+,43-,44+,45-,46-,48-,49+,50+,51+,52+,53-/m1/s1. The molecule has 0 radical (unpaired) electrons. The largest absolute Gasteiger partial charge is 0.497 e. The molecule has 1 aromatic carbocycles. The fourth-order valence-corrected chi connectivity index (χ4v) is 13.6. The Bertz CT molecular complexity index is 2120. The molecule has 6 fully saturated rings.